The van der Waals surface area contributed by atoms with E-state index in [2.05, 4.69) is 9.72 Å². The number of nitrogens with zero attached hydrogens (tertiary/aromatic N) is 1. The number of aromatic nitrogens is 1. The van der Waals surface area contributed by atoms with Crippen molar-refractivity contribution in [2.45, 2.75) is 6.43 Å². The molecule has 1 aromatic heterocycles. The quantitative estimate of drug-likeness (QED) is 0.801. The Morgan fingerprint density at radius 2 is 2.27 bits per heavy atom. The van der Waals surface area contributed by atoms with Gasteiger partial charge in [0.1, 0.15) is 16.3 Å². The summed E-state index contributed by atoms with van der Waals surface area (Å²) >= 11 is 5.49. The lowest BCUT2D eigenvalue weighted by atomic mass is 10.2. The maximum absolute atomic E-state index is 12.4. The molecule has 1 rings (SSSR count). The molecule has 1 aromatic rings. The molecule has 1 N–H and O–H groups in total. The van der Waals surface area contributed by atoms with E-state index in [1.807, 2.05) is 0 Å². The van der Waals surface area contributed by atoms with Crippen LogP contribution in [0.3, 0.4) is 0 Å². The van der Waals surface area contributed by atoms with E-state index in [-0.39, 0.29) is 0 Å². The van der Waals surface area contributed by atoms with Crippen molar-refractivity contribution in [2.24, 2.45) is 0 Å². The van der Waals surface area contributed by atoms with Crippen LogP contribution in [-0.4, -0.2) is 23.2 Å². The number of ether oxygens (including phenoxy) is 1. The van der Waals surface area contributed by atoms with Gasteiger partial charge in [-0.25, -0.2) is 13.6 Å². The lowest BCUT2D eigenvalue weighted by molar-refractivity contribution is 0.0587. The molecule has 82 valence electrons. The van der Waals surface area contributed by atoms with Gasteiger partial charge in [-0.05, 0) is 0 Å². The molecule has 0 aliphatic heterocycles. The molecular formula is C8H6ClF2NO3. The predicted octanol–water partition coefficient (Wildman–Crippen LogP) is 2.16. The molecular weight excluding hydrogens is 232 g/mol. The average Bonchev–Trinajstić information content (AvgIpc) is 2.20. The van der Waals surface area contributed by atoms with Crippen molar-refractivity contribution in [3.8, 4) is 5.75 Å². The second kappa shape index (κ2) is 4.39. The Morgan fingerprint density at radius 1 is 1.67 bits per heavy atom. The summed E-state index contributed by atoms with van der Waals surface area (Å²) in [5.41, 5.74) is -1.43. The molecule has 0 aliphatic rings. The summed E-state index contributed by atoms with van der Waals surface area (Å²) in [6.07, 6.45) is -2.23. The maximum Gasteiger partial charge on any atom is 0.341 e. The van der Waals surface area contributed by atoms with Crippen LogP contribution in [0.4, 0.5) is 8.78 Å². The first-order chi connectivity index (χ1) is 6.99. The van der Waals surface area contributed by atoms with E-state index in [0.717, 1.165) is 13.3 Å². The molecule has 7 heteroatoms. The van der Waals surface area contributed by atoms with Gasteiger partial charge in [0.25, 0.3) is 6.43 Å². The van der Waals surface area contributed by atoms with Gasteiger partial charge in [-0.2, -0.15) is 0 Å². The highest BCUT2D eigenvalue weighted by molar-refractivity contribution is 6.35. The van der Waals surface area contributed by atoms with Crippen LogP contribution < -0.4 is 0 Å². The van der Waals surface area contributed by atoms with E-state index in [4.69, 9.17) is 16.7 Å². The Morgan fingerprint density at radius 3 is 2.73 bits per heavy atom. The number of alkyl halides is 2. The summed E-state index contributed by atoms with van der Waals surface area (Å²) in [4.78, 5) is 14.3. The van der Waals surface area contributed by atoms with Gasteiger partial charge in [0.05, 0.1) is 13.3 Å². The van der Waals surface area contributed by atoms with Gasteiger partial charge in [-0.3, -0.25) is 4.98 Å². The number of halogens is 3. The van der Waals surface area contributed by atoms with Crippen molar-refractivity contribution in [1.29, 1.82) is 0 Å². The van der Waals surface area contributed by atoms with Crippen LogP contribution in [0.25, 0.3) is 0 Å². The molecule has 0 aliphatic carbocycles. The number of hydrogen-bond acceptors (Lipinski definition) is 4. The summed E-state index contributed by atoms with van der Waals surface area (Å²) in [6.45, 7) is 0. The largest absolute Gasteiger partial charge is 0.505 e. The van der Waals surface area contributed by atoms with Crippen molar-refractivity contribution < 1.29 is 23.4 Å². The van der Waals surface area contributed by atoms with Crippen LogP contribution >= 0.6 is 11.6 Å². The Balaban J connectivity index is 3.41. The van der Waals surface area contributed by atoms with E-state index in [1.54, 1.807) is 0 Å². The van der Waals surface area contributed by atoms with Crippen molar-refractivity contribution in [1.82, 2.24) is 4.98 Å². The topological polar surface area (TPSA) is 59.4 Å². The highest BCUT2D eigenvalue weighted by Crippen LogP contribution is 2.32. The van der Waals surface area contributed by atoms with E-state index < -0.39 is 34.4 Å². The molecule has 0 amide bonds. The number of methoxy groups -OCH3 is 1. The third-order valence-electron chi connectivity index (χ3n) is 1.62. The number of hydrogen-bond donors (Lipinski definition) is 1. The monoisotopic (exact) mass is 237 g/mol. The first kappa shape index (κ1) is 11.6. The van der Waals surface area contributed by atoms with Crippen molar-refractivity contribution in [3.63, 3.8) is 0 Å². The molecule has 0 bridgehead atoms. The summed E-state index contributed by atoms with van der Waals surface area (Å²) in [5.74, 6) is -1.62. The van der Waals surface area contributed by atoms with E-state index in [1.165, 1.54) is 0 Å². The number of pyridine rings is 1. The minimum Gasteiger partial charge on any atom is -0.505 e. The van der Waals surface area contributed by atoms with Gasteiger partial charge >= 0.3 is 5.97 Å². The first-order valence-corrected chi connectivity index (χ1v) is 4.10. The molecule has 0 spiro atoms. The smallest absolute Gasteiger partial charge is 0.341 e. The standard InChI is InChI=1S/C8H6ClF2NO3/c1-15-8(14)4-5(9)3(13)2-12-6(4)7(10)11/h2,7,13H,1H3. The molecule has 0 radical (unpaired) electrons. The lowest BCUT2D eigenvalue weighted by Gasteiger charge is -2.08. The number of aromatic hydroxyl groups is 1. The Kier molecular flexibility index (Phi) is 3.41. The zero-order valence-electron chi connectivity index (χ0n) is 7.50. The van der Waals surface area contributed by atoms with Crippen LogP contribution in [0.5, 0.6) is 5.75 Å². The third-order valence-corrected chi connectivity index (χ3v) is 2.01. The summed E-state index contributed by atoms with van der Waals surface area (Å²) < 4.78 is 29.1. The first-order valence-electron chi connectivity index (χ1n) is 3.72. The molecule has 0 atom stereocenters. The number of carbonyl (C=O) groups is 1. The van der Waals surface area contributed by atoms with Gasteiger partial charge in [0.2, 0.25) is 0 Å². The van der Waals surface area contributed by atoms with Crippen LogP contribution in [0.15, 0.2) is 6.20 Å². The second-order valence-corrected chi connectivity index (χ2v) is 2.89. The van der Waals surface area contributed by atoms with Crippen LogP contribution in [0.2, 0.25) is 5.02 Å². The SMILES string of the molecule is COC(=O)c1c(C(F)F)ncc(O)c1Cl. The summed E-state index contributed by atoms with van der Waals surface area (Å²) in [5, 5.41) is 8.61. The second-order valence-electron chi connectivity index (χ2n) is 2.51. The van der Waals surface area contributed by atoms with Gasteiger partial charge < -0.3 is 9.84 Å². The Hall–Kier alpha value is -1.43. The summed E-state index contributed by atoms with van der Waals surface area (Å²) in [6, 6.07) is 0. The summed E-state index contributed by atoms with van der Waals surface area (Å²) in [7, 11) is 1.01. The van der Waals surface area contributed by atoms with Crippen LogP contribution in [0, 0.1) is 0 Å². The normalized spacial score (nSPS) is 10.5. The van der Waals surface area contributed by atoms with Crippen LogP contribution in [-0.2, 0) is 4.74 Å². The average molecular weight is 238 g/mol. The molecule has 4 nitrogen and oxygen atoms in total. The highest BCUT2D eigenvalue weighted by Gasteiger charge is 2.25. The van der Waals surface area contributed by atoms with E-state index in [9.17, 15) is 13.6 Å². The van der Waals surface area contributed by atoms with E-state index >= 15 is 0 Å². The Bertz CT molecular complexity index is 398. The number of carbonyl (C=O) groups excluding carboxylic acids is 1. The molecule has 0 saturated carbocycles. The molecule has 0 saturated heterocycles. The number of esters is 1. The van der Waals surface area contributed by atoms with Gasteiger partial charge in [-0.15, -0.1) is 0 Å². The van der Waals surface area contributed by atoms with Gasteiger partial charge in [-0.1, -0.05) is 11.6 Å². The fourth-order valence-corrected chi connectivity index (χ4v) is 1.18. The zero-order valence-corrected chi connectivity index (χ0v) is 8.26. The van der Waals surface area contributed by atoms with Crippen molar-refractivity contribution in [2.75, 3.05) is 7.11 Å². The van der Waals surface area contributed by atoms with Crippen LogP contribution in [0.1, 0.15) is 22.5 Å². The fraction of sp³-hybridized carbons (Fsp3) is 0.250. The van der Waals surface area contributed by atoms with Crippen molar-refractivity contribution in [3.05, 3.63) is 22.5 Å². The van der Waals surface area contributed by atoms with Gasteiger partial charge in [0.15, 0.2) is 5.75 Å². The Labute approximate surface area is 88.4 Å². The van der Waals surface area contributed by atoms with Gasteiger partial charge in [0, 0.05) is 0 Å². The van der Waals surface area contributed by atoms with E-state index in [0.29, 0.717) is 0 Å². The number of rotatable bonds is 2. The molecule has 0 unspecified atom stereocenters. The minimum absolute atomic E-state index is 0.493. The lowest BCUT2D eigenvalue weighted by Crippen LogP contribution is -2.09. The minimum atomic E-state index is -2.97. The molecule has 0 fully saturated rings. The zero-order chi connectivity index (χ0) is 11.6. The molecule has 1 heterocycles. The predicted molar refractivity (Wildman–Crippen MR) is 47.2 cm³/mol. The third kappa shape index (κ3) is 2.15. The molecule has 0 aromatic carbocycles. The fourth-order valence-electron chi connectivity index (χ4n) is 0.954. The highest BCUT2D eigenvalue weighted by atomic mass is 35.5. The molecule has 15 heavy (non-hydrogen) atoms. The van der Waals surface area contributed by atoms with Crippen molar-refractivity contribution >= 4 is 17.6 Å². The maximum atomic E-state index is 12.4.